The molecule has 5 heterocycles. The predicted molar refractivity (Wildman–Crippen MR) is 271 cm³/mol. The summed E-state index contributed by atoms with van der Waals surface area (Å²) < 4.78 is 7.89. The van der Waals surface area contributed by atoms with Crippen LogP contribution in [0, 0.1) is 0 Å². The molecule has 358 valence electrons. The van der Waals surface area contributed by atoms with E-state index in [2.05, 4.69) is 67.7 Å². The molecule has 3 amide bonds. The number of anilines is 1. The predicted octanol–water partition coefficient (Wildman–Crippen LogP) is 6.80. The molecule has 1 unspecified atom stereocenters. The molecule has 16 nitrogen and oxygen atoms in total. The first-order chi connectivity index (χ1) is 34.7. The van der Waals surface area contributed by atoms with Crippen molar-refractivity contribution in [1.82, 2.24) is 40.3 Å². The highest BCUT2D eigenvalue weighted by Crippen LogP contribution is 2.44. The van der Waals surface area contributed by atoms with E-state index >= 15 is 0 Å². The van der Waals surface area contributed by atoms with Gasteiger partial charge in [0.2, 0.25) is 11.3 Å². The molecule has 2 aromatic heterocycles. The van der Waals surface area contributed by atoms with E-state index < -0.39 is 46.9 Å². The van der Waals surface area contributed by atoms with Crippen molar-refractivity contribution in [3.63, 3.8) is 0 Å². The molecule has 7 aromatic rings. The lowest BCUT2D eigenvalue weighted by atomic mass is 9.77. The van der Waals surface area contributed by atoms with Gasteiger partial charge in [0.05, 0.1) is 0 Å². The number of benzene rings is 5. The van der Waals surface area contributed by atoms with E-state index in [4.69, 9.17) is 14.6 Å². The number of nitrogens with zero attached hydrogens (tertiary/aromatic N) is 8. The molecule has 3 atom stereocenters. The second kappa shape index (κ2) is 20.8. The minimum absolute atomic E-state index is 0.0961. The van der Waals surface area contributed by atoms with E-state index in [-0.39, 0.29) is 28.8 Å². The number of aryl methyl sites for hydroxylation is 1. The number of thioether (sulfide) groups is 2. The molecule has 71 heavy (non-hydrogen) atoms. The molecule has 5 aromatic carbocycles. The van der Waals surface area contributed by atoms with Gasteiger partial charge in [0.25, 0.3) is 17.7 Å². The molecule has 2 fully saturated rings. The van der Waals surface area contributed by atoms with Gasteiger partial charge in [-0.25, -0.2) is 14.5 Å². The maximum atomic E-state index is 14.7. The van der Waals surface area contributed by atoms with Gasteiger partial charge in [0, 0.05) is 43.9 Å². The fraction of sp³-hybridized carbons (Fsp3) is 0.212. The maximum Gasteiger partial charge on any atom is 0.356 e. The van der Waals surface area contributed by atoms with Crippen LogP contribution in [0.5, 0.6) is 0 Å². The lowest BCUT2D eigenvalue weighted by molar-refractivity contribution is -0.154. The number of amides is 3. The monoisotopic (exact) mass is 1000 g/mol. The molecular formula is C52H46N10O6S3. The summed E-state index contributed by atoms with van der Waals surface area (Å²) in [5, 5.41) is 24.7. The topological polar surface area (TPSA) is 186 Å². The molecule has 19 heteroatoms. The van der Waals surface area contributed by atoms with Crippen molar-refractivity contribution in [2.75, 3.05) is 30.4 Å². The molecule has 3 aliphatic heterocycles. The van der Waals surface area contributed by atoms with Gasteiger partial charge in [-0.2, -0.15) is 0 Å². The summed E-state index contributed by atoms with van der Waals surface area (Å²) in [4.78, 5) is 70.6. The van der Waals surface area contributed by atoms with E-state index in [0.29, 0.717) is 34.6 Å². The van der Waals surface area contributed by atoms with Crippen LogP contribution >= 0.6 is 34.9 Å². The second-order valence-electron chi connectivity index (χ2n) is 16.9. The van der Waals surface area contributed by atoms with Gasteiger partial charge in [0.15, 0.2) is 16.9 Å². The van der Waals surface area contributed by atoms with Crippen LogP contribution in [-0.4, -0.2) is 107 Å². The number of nitrogens with one attached hydrogen (secondary N) is 2. The third-order valence-electron chi connectivity index (χ3n) is 12.4. The number of fused-ring (bicyclic) bond motifs is 1. The molecule has 0 bridgehead atoms. The zero-order valence-electron chi connectivity index (χ0n) is 38.4. The summed E-state index contributed by atoms with van der Waals surface area (Å²) in [5.74, 6) is -1.62. The standard InChI is InChI=1S/C52H46N10O6S3/c1-60-29-28-40(46(60)64)68-57-41(39-32-70-50(53-39)55-52(36-22-12-5-13-23-36,37-24-14-6-15-25-37)38-26-16-7-17-27-38)45(63)54-42-47(65)62-43(35(30-69-48(42)62)31-71-51-56-58-59-61(51)2)49(66)67-44(33-18-8-3-9-19-33)34-20-10-4-11-21-34/h3-27,32,40,42,44,48H,28-31H2,1-2H3,(H,53,55)(H,54,63)/b57-41+/t40?,42-,48-/m1/s1. The molecule has 2 N–H and O–H groups in total. The number of likely N-dealkylation sites (tertiary alicyclic amines) is 1. The number of thiazole rings is 1. The van der Waals surface area contributed by atoms with Crippen molar-refractivity contribution >= 4 is 69.4 Å². The lowest BCUT2D eigenvalue weighted by Gasteiger charge is -2.49. The quantitative estimate of drug-likeness (QED) is 0.0243. The minimum atomic E-state index is -1.07. The zero-order chi connectivity index (χ0) is 48.9. The highest BCUT2D eigenvalue weighted by molar-refractivity contribution is 8.01. The van der Waals surface area contributed by atoms with Crippen molar-refractivity contribution in [3.05, 3.63) is 202 Å². The molecule has 0 spiro atoms. The Morgan fingerprint density at radius 1 is 0.817 bits per heavy atom. The Morgan fingerprint density at radius 3 is 1.93 bits per heavy atom. The van der Waals surface area contributed by atoms with Gasteiger partial charge >= 0.3 is 5.97 Å². The first-order valence-electron chi connectivity index (χ1n) is 22.7. The second-order valence-corrected chi connectivity index (χ2v) is 19.8. The molecule has 0 saturated carbocycles. The summed E-state index contributed by atoms with van der Waals surface area (Å²) in [5.41, 5.74) is 4.10. The van der Waals surface area contributed by atoms with Crippen molar-refractivity contribution in [1.29, 1.82) is 0 Å². The summed E-state index contributed by atoms with van der Waals surface area (Å²) in [6.45, 7) is 0.461. The van der Waals surface area contributed by atoms with Gasteiger partial charge in [-0.1, -0.05) is 169 Å². The number of hydrogen-bond acceptors (Lipinski definition) is 15. The lowest BCUT2D eigenvalue weighted by Crippen LogP contribution is -2.71. The van der Waals surface area contributed by atoms with Crippen LogP contribution in [-0.2, 0) is 41.3 Å². The van der Waals surface area contributed by atoms with Crippen LogP contribution in [0.1, 0.15) is 46.0 Å². The van der Waals surface area contributed by atoms with Crippen LogP contribution in [0.3, 0.4) is 0 Å². The maximum absolute atomic E-state index is 14.7. The number of likely N-dealkylation sites (N-methyl/N-ethyl adjacent to an activating group) is 1. The Kier molecular flexibility index (Phi) is 13.8. The van der Waals surface area contributed by atoms with E-state index in [9.17, 15) is 19.2 Å². The van der Waals surface area contributed by atoms with Crippen LogP contribution in [0.25, 0.3) is 0 Å². The van der Waals surface area contributed by atoms with Crippen LogP contribution in [0.15, 0.2) is 179 Å². The number of β-lactam (4-membered cyclic amide) rings is 1. The smallest absolute Gasteiger partial charge is 0.356 e. The molecule has 0 aliphatic carbocycles. The highest BCUT2D eigenvalue weighted by atomic mass is 32.2. The first kappa shape index (κ1) is 47.1. The third kappa shape index (κ3) is 9.55. The Bertz CT molecular complexity index is 2970. The average Bonchev–Trinajstić information content (AvgIpc) is 4.15. The van der Waals surface area contributed by atoms with E-state index in [0.717, 1.165) is 27.8 Å². The van der Waals surface area contributed by atoms with Crippen molar-refractivity contribution in [2.24, 2.45) is 12.2 Å². The molecule has 2 saturated heterocycles. The number of ether oxygens (including phenoxy) is 1. The van der Waals surface area contributed by atoms with Gasteiger partial charge in [-0.05, 0) is 43.8 Å². The van der Waals surface area contributed by atoms with Gasteiger partial charge in [-0.15, -0.1) is 28.2 Å². The number of hydrogen-bond donors (Lipinski definition) is 2. The fourth-order valence-electron chi connectivity index (χ4n) is 8.82. The summed E-state index contributed by atoms with van der Waals surface area (Å²) in [6, 6.07) is 47.8. The molecule has 3 aliphatic rings. The third-order valence-corrected chi connectivity index (χ3v) is 15.6. The number of aromatic nitrogens is 5. The summed E-state index contributed by atoms with van der Waals surface area (Å²) in [6.07, 6.45) is -1.33. The molecule has 0 radical (unpaired) electrons. The number of tetrazole rings is 1. The minimum Gasteiger partial charge on any atom is -0.448 e. The van der Waals surface area contributed by atoms with Gasteiger partial charge in [0.1, 0.15) is 28.3 Å². The Balaban J connectivity index is 0.958. The first-order valence-corrected chi connectivity index (χ1v) is 25.6. The number of oxime groups is 1. The number of rotatable bonds is 17. The van der Waals surface area contributed by atoms with Gasteiger partial charge in [-0.3, -0.25) is 19.3 Å². The SMILES string of the molecule is CN1CCC(O/N=C(/C(=O)N[C@@H]2C(=O)N3C(C(=O)OC(c4ccccc4)c4ccccc4)=C(CSc4nnnn4C)CS[C@H]23)c2csc(NC(c3ccccc3)(c3ccccc3)c3ccccc3)n2)C1=O. The number of carbonyl (C=O) groups excluding carboxylic acids is 4. The molecular weight excluding hydrogens is 957 g/mol. The summed E-state index contributed by atoms with van der Waals surface area (Å²) >= 11 is 3.99. The largest absolute Gasteiger partial charge is 0.448 e. The Labute approximate surface area is 421 Å². The number of esters is 1. The summed E-state index contributed by atoms with van der Waals surface area (Å²) in [7, 11) is 3.39. The molecule has 10 rings (SSSR count). The van der Waals surface area contributed by atoms with Crippen molar-refractivity contribution < 1.29 is 28.8 Å². The van der Waals surface area contributed by atoms with Crippen LogP contribution in [0.4, 0.5) is 5.13 Å². The van der Waals surface area contributed by atoms with E-state index in [1.54, 1.807) is 19.5 Å². The van der Waals surface area contributed by atoms with E-state index in [1.807, 2.05) is 115 Å². The normalized spacial score (nSPS) is 18.0. The average molecular weight is 1000 g/mol. The van der Waals surface area contributed by atoms with Crippen molar-refractivity contribution in [2.45, 2.75) is 40.7 Å². The Hall–Kier alpha value is -7.61. The Morgan fingerprint density at radius 2 is 1.39 bits per heavy atom. The fourth-order valence-corrected chi connectivity index (χ4v) is 11.9. The highest BCUT2D eigenvalue weighted by Gasteiger charge is 2.55. The van der Waals surface area contributed by atoms with E-state index in [1.165, 1.54) is 49.3 Å². The van der Waals surface area contributed by atoms with Gasteiger partial charge < -0.3 is 25.1 Å². The zero-order valence-corrected chi connectivity index (χ0v) is 40.9. The van der Waals surface area contributed by atoms with Crippen molar-refractivity contribution in [3.8, 4) is 0 Å². The van der Waals surface area contributed by atoms with Crippen LogP contribution in [0.2, 0.25) is 0 Å². The number of carbonyl (C=O) groups is 4. The van der Waals surface area contributed by atoms with Crippen LogP contribution < -0.4 is 10.6 Å².